The Kier molecular flexibility index (Phi) is 8.26. The molecule has 40 heavy (non-hydrogen) atoms. The highest BCUT2D eigenvalue weighted by Crippen LogP contribution is 2.26. The third kappa shape index (κ3) is 6.41. The summed E-state index contributed by atoms with van der Waals surface area (Å²) >= 11 is 1.30. The fourth-order valence-electron chi connectivity index (χ4n) is 3.97. The van der Waals surface area contributed by atoms with Crippen molar-refractivity contribution in [3.63, 3.8) is 0 Å². The average Bonchev–Trinajstić information content (AvgIpc) is 3.39. The minimum atomic E-state index is -0.532. The third-order valence-electron chi connectivity index (χ3n) is 6.02. The Morgan fingerprint density at radius 2 is 1.62 bits per heavy atom. The zero-order chi connectivity index (χ0) is 27.9. The smallest absolute Gasteiger partial charge is 0.296 e. The van der Waals surface area contributed by atoms with Gasteiger partial charge < -0.3 is 14.8 Å². The first-order valence-corrected chi connectivity index (χ1v) is 13.6. The topological polar surface area (TPSA) is 112 Å². The Bertz CT molecular complexity index is 1680. The number of thiazole rings is 1. The average molecular weight is 555 g/mol. The quantitative estimate of drug-likeness (QED) is 0.242. The SMILES string of the molecule is CCOc1ccc(-c2csc3nc(=O)c(CC(=O)c4ccc(OCC(=O)NCc5ccccc5)cc4)nn23)cc1. The van der Waals surface area contributed by atoms with E-state index in [9.17, 15) is 14.4 Å². The van der Waals surface area contributed by atoms with Gasteiger partial charge in [0.25, 0.3) is 11.5 Å². The number of nitrogens with zero attached hydrogens (tertiary/aromatic N) is 3. The van der Waals surface area contributed by atoms with Crippen molar-refractivity contribution < 1.29 is 19.1 Å². The van der Waals surface area contributed by atoms with Crippen molar-refractivity contribution in [3.8, 4) is 22.8 Å². The summed E-state index contributed by atoms with van der Waals surface area (Å²) < 4.78 is 12.6. The highest BCUT2D eigenvalue weighted by atomic mass is 32.1. The van der Waals surface area contributed by atoms with E-state index < -0.39 is 5.56 Å². The number of benzene rings is 3. The summed E-state index contributed by atoms with van der Waals surface area (Å²) in [5.41, 5.74) is 2.56. The molecule has 0 unspecified atom stereocenters. The van der Waals surface area contributed by atoms with Crippen LogP contribution in [0.2, 0.25) is 0 Å². The number of aromatic nitrogens is 3. The van der Waals surface area contributed by atoms with Crippen molar-refractivity contribution in [2.45, 2.75) is 19.9 Å². The Morgan fingerprint density at radius 1 is 0.925 bits per heavy atom. The minimum absolute atomic E-state index is 0.0588. The molecule has 10 heteroatoms. The van der Waals surface area contributed by atoms with E-state index in [4.69, 9.17) is 9.47 Å². The zero-order valence-corrected chi connectivity index (χ0v) is 22.5. The number of hydrogen-bond acceptors (Lipinski definition) is 8. The largest absolute Gasteiger partial charge is 0.494 e. The maximum absolute atomic E-state index is 13.0. The van der Waals surface area contributed by atoms with Gasteiger partial charge in [0.05, 0.1) is 18.7 Å². The number of ketones is 1. The summed E-state index contributed by atoms with van der Waals surface area (Å²) in [5.74, 6) is 0.677. The molecule has 0 radical (unpaired) electrons. The van der Waals surface area contributed by atoms with Crippen LogP contribution in [0.15, 0.2) is 89.0 Å². The first kappa shape index (κ1) is 26.8. The number of amides is 1. The molecule has 0 saturated carbocycles. The summed E-state index contributed by atoms with van der Waals surface area (Å²) in [6.45, 7) is 2.76. The van der Waals surface area contributed by atoms with Crippen molar-refractivity contribution >= 4 is 28.0 Å². The van der Waals surface area contributed by atoms with E-state index in [0.717, 1.165) is 22.6 Å². The molecule has 1 amide bonds. The third-order valence-corrected chi connectivity index (χ3v) is 6.83. The molecule has 0 spiro atoms. The fourth-order valence-corrected chi connectivity index (χ4v) is 4.80. The van der Waals surface area contributed by atoms with Gasteiger partial charge in [-0.15, -0.1) is 11.3 Å². The van der Waals surface area contributed by atoms with Gasteiger partial charge >= 0.3 is 0 Å². The molecule has 202 valence electrons. The Balaban J connectivity index is 1.22. The van der Waals surface area contributed by atoms with Gasteiger partial charge in [0.1, 0.15) is 17.2 Å². The van der Waals surface area contributed by atoms with E-state index in [2.05, 4.69) is 15.4 Å². The molecule has 5 aromatic rings. The Labute approximate surface area is 234 Å². The van der Waals surface area contributed by atoms with E-state index in [1.165, 1.54) is 11.3 Å². The van der Waals surface area contributed by atoms with Gasteiger partial charge in [0.15, 0.2) is 12.4 Å². The molecule has 0 aliphatic heterocycles. The van der Waals surface area contributed by atoms with Gasteiger partial charge in [-0.25, -0.2) is 4.52 Å². The lowest BCUT2D eigenvalue weighted by atomic mass is 10.1. The number of Topliss-reactive ketones (excluding diaryl/α,β-unsaturated/α-hetero) is 1. The number of rotatable bonds is 11. The van der Waals surface area contributed by atoms with E-state index >= 15 is 0 Å². The monoisotopic (exact) mass is 554 g/mol. The molecule has 2 heterocycles. The number of fused-ring (bicyclic) bond motifs is 1. The predicted molar refractivity (Wildman–Crippen MR) is 152 cm³/mol. The van der Waals surface area contributed by atoms with Crippen LogP contribution in [-0.2, 0) is 17.8 Å². The highest BCUT2D eigenvalue weighted by Gasteiger charge is 2.16. The maximum Gasteiger partial charge on any atom is 0.296 e. The molecule has 3 aromatic carbocycles. The molecule has 9 nitrogen and oxygen atoms in total. The fraction of sp³-hybridized carbons (Fsp3) is 0.167. The molecule has 2 aromatic heterocycles. The number of nitrogens with one attached hydrogen (secondary N) is 1. The van der Waals surface area contributed by atoms with Crippen molar-refractivity contribution in [1.29, 1.82) is 0 Å². The lowest BCUT2D eigenvalue weighted by Crippen LogP contribution is -2.28. The van der Waals surface area contributed by atoms with Crippen molar-refractivity contribution in [2.75, 3.05) is 13.2 Å². The highest BCUT2D eigenvalue weighted by molar-refractivity contribution is 7.15. The number of hydrogen-bond donors (Lipinski definition) is 1. The Morgan fingerprint density at radius 3 is 2.35 bits per heavy atom. The van der Waals surface area contributed by atoms with E-state index in [-0.39, 0.29) is 30.4 Å². The first-order valence-electron chi connectivity index (χ1n) is 12.7. The van der Waals surface area contributed by atoms with Gasteiger partial charge in [-0.3, -0.25) is 14.4 Å². The number of carbonyl (C=O) groups is 2. The summed E-state index contributed by atoms with van der Waals surface area (Å²) in [6, 6.07) is 23.6. The van der Waals surface area contributed by atoms with Gasteiger partial charge in [-0.05, 0) is 61.0 Å². The van der Waals surface area contributed by atoms with Crippen LogP contribution in [0.1, 0.15) is 28.5 Å². The second-order valence-electron chi connectivity index (χ2n) is 8.81. The van der Waals surface area contributed by atoms with Gasteiger partial charge in [-0.1, -0.05) is 30.3 Å². The summed E-state index contributed by atoms with van der Waals surface area (Å²) in [6.07, 6.45) is -0.199. The van der Waals surface area contributed by atoms with Crippen LogP contribution < -0.4 is 20.3 Å². The van der Waals surface area contributed by atoms with Crippen LogP contribution in [0.5, 0.6) is 11.5 Å². The summed E-state index contributed by atoms with van der Waals surface area (Å²) in [7, 11) is 0. The van der Waals surface area contributed by atoms with Gasteiger partial charge in [0.2, 0.25) is 4.96 Å². The molecule has 0 bridgehead atoms. The van der Waals surface area contributed by atoms with Crippen molar-refractivity contribution in [2.24, 2.45) is 0 Å². The van der Waals surface area contributed by atoms with Crippen LogP contribution in [0.25, 0.3) is 16.2 Å². The number of carbonyl (C=O) groups excluding carboxylic acids is 2. The van der Waals surface area contributed by atoms with Gasteiger partial charge in [0, 0.05) is 23.1 Å². The molecule has 0 atom stereocenters. The predicted octanol–water partition coefficient (Wildman–Crippen LogP) is 4.34. The molecule has 0 aliphatic rings. The second-order valence-corrected chi connectivity index (χ2v) is 9.65. The molecule has 0 aliphatic carbocycles. The van der Waals surface area contributed by atoms with Gasteiger partial charge in [-0.2, -0.15) is 10.1 Å². The normalized spacial score (nSPS) is 10.8. The lowest BCUT2D eigenvalue weighted by Gasteiger charge is -2.08. The summed E-state index contributed by atoms with van der Waals surface area (Å²) in [4.78, 5) is 42.2. The maximum atomic E-state index is 13.0. The molecule has 5 rings (SSSR count). The van der Waals surface area contributed by atoms with Crippen LogP contribution in [0, 0.1) is 0 Å². The van der Waals surface area contributed by atoms with Crippen molar-refractivity contribution in [1.82, 2.24) is 19.9 Å². The zero-order valence-electron chi connectivity index (χ0n) is 21.7. The Hall–Kier alpha value is -4.83. The molecule has 1 N–H and O–H groups in total. The first-order chi connectivity index (χ1) is 19.5. The standard InChI is InChI=1S/C30H26N4O5S/c1-2-38-23-12-8-21(9-13-23)26-19-40-30-32-29(37)25(33-34(26)30)16-27(35)22-10-14-24(15-11-22)39-18-28(36)31-17-20-6-4-3-5-7-20/h3-15,19H,2,16-18H2,1H3,(H,31,36). The molecule has 0 fully saturated rings. The van der Waals surface area contributed by atoms with E-state index in [1.54, 1.807) is 28.8 Å². The van der Waals surface area contributed by atoms with Crippen LogP contribution in [-0.4, -0.2) is 39.5 Å². The van der Waals surface area contributed by atoms with Crippen LogP contribution >= 0.6 is 11.3 Å². The minimum Gasteiger partial charge on any atom is -0.494 e. The van der Waals surface area contributed by atoms with Crippen LogP contribution in [0.3, 0.4) is 0 Å². The van der Waals surface area contributed by atoms with Crippen molar-refractivity contribution in [3.05, 3.63) is 111 Å². The lowest BCUT2D eigenvalue weighted by molar-refractivity contribution is -0.123. The van der Waals surface area contributed by atoms with E-state index in [0.29, 0.717) is 29.4 Å². The molecule has 0 saturated heterocycles. The van der Waals surface area contributed by atoms with E-state index in [1.807, 2.05) is 66.9 Å². The summed E-state index contributed by atoms with van der Waals surface area (Å²) in [5, 5.41) is 9.14. The number of ether oxygens (including phenoxy) is 2. The molecular formula is C30H26N4O5S. The van der Waals surface area contributed by atoms with Crippen LogP contribution in [0.4, 0.5) is 0 Å². The molecular weight excluding hydrogens is 528 g/mol. The second kappa shape index (κ2) is 12.4.